The van der Waals surface area contributed by atoms with Crippen LogP contribution in [0.2, 0.25) is 10.0 Å². The van der Waals surface area contributed by atoms with E-state index in [0.717, 1.165) is 47.9 Å². The number of aryl methyl sites for hydroxylation is 2. The number of hydrogen-bond donors (Lipinski definition) is 0. The van der Waals surface area contributed by atoms with Gasteiger partial charge in [-0.05, 0) is 48.7 Å². The Morgan fingerprint density at radius 2 is 1.61 bits per heavy atom. The fraction of sp³-hybridized carbons (Fsp3) is 0.250. The highest BCUT2D eigenvalue weighted by molar-refractivity contribution is 7.17. The van der Waals surface area contributed by atoms with Crippen molar-refractivity contribution in [3.63, 3.8) is 0 Å². The van der Waals surface area contributed by atoms with Crippen LogP contribution in [0.5, 0.6) is 0 Å². The SMILES string of the molecule is Cc1ccc(-c2csc3ncnc(N4CCN(c5ccc(Cl)c(Cl)c5)CC4)c23)cc1C. The summed E-state index contributed by atoms with van der Waals surface area (Å²) in [5.74, 6) is 1.02. The third-order valence-electron chi connectivity index (χ3n) is 6.02. The van der Waals surface area contributed by atoms with Crippen molar-refractivity contribution in [3.8, 4) is 11.1 Å². The molecule has 0 amide bonds. The standard InChI is InChI=1S/C24H22Cl2N4S/c1-15-3-4-17(11-16(15)2)19-13-31-24-22(19)23(27-14-28-24)30-9-7-29(8-10-30)18-5-6-20(25)21(26)12-18/h3-6,11-14H,7-10H2,1-2H3. The molecule has 2 aromatic carbocycles. The first-order valence-corrected chi connectivity index (χ1v) is 11.9. The van der Waals surface area contributed by atoms with Crippen molar-refractivity contribution in [2.24, 2.45) is 0 Å². The summed E-state index contributed by atoms with van der Waals surface area (Å²) in [6, 6.07) is 12.5. The number of benzene rings is 2. The maximum absolute atomic E-state index is 6.22. The highest BCUT2D eigenvalue weighted by Gasteiger charge is 2.23. The van der Waals surface area contributed by atoms with Gasteiger partial charge in [-0.3, -0.25) is 0 Å². The Balaban J connectivity index is 1.45. The molecule has 7 heteroatoms. The molecule has 0 N–H and O–H groups in total. The number of nitrogens with zero attached hydrogens (tertiary/aromatic N) is 4. The van der Waals surface area contributed by atoms with Gasteiger partial charge in [0.25, 0.3) is 0 Å². The predicted molar refractivity (Wildman–Crippen MR) is 133 cm³/mol. The van der Waals surface area contributed by atoms with E-state index >= 15 is 0 Å². The Bertz CT molecular complexity index is 1260. The molecule has 0 aliphatic carbocycles. The van der Waals surface area contributed by atoms with Crippen molar-refractivity contribution in [3.05, 3.63) is 69.3 Å². The Kier molecular flexibility index (Phi) is 5.51. The van der Waals surface area contributed by atoms with Gasteiger partial charge in [-0.15, -0.1) is 11.3 Å². The third kappa shape index (κ3) is 3.86. The van der Waals surface area contributed by atoms with E-state index < -0.39 is 0 Å². The molecule has 1 aliphatic rings. The maximum atomic E-state index is 6.22. The molecule has 0 unspecified atom stereocenters. The summed E-state index contributed by atoms with van der Waals surface area (Å²) in [6.45, 7) is 7.86. The van der Waals surface area contributed by atoms with Crippen LogP contribution in [0.25, 0.3) is 21.3 Å². The molecule has 5 rings (SSSR count). The Labute approximate surface area is 196 Å². The minimum atomic E-state index is 0.587. The highest BCUT2D eigenvalue weighted by Crippen LogP contribution is 2.39. The number of thiophene rings is 1. The molecule has 158 valence electrons. The number of piperazine rings is 1. The fourth-order valence-electron chi connectivity index (χ4n) is 4.08. The molecule has 0 bridgehead atoms. The lowest BCUT2D eigenvalue weighted by molar-refractivity contribution is 0.649. The second-order valence-corrected chi connectivity index (χ2v) is 9.57. The van der Waals surface area contributed by atoms with Gasteiger partial charge in [0.05, 0.1) is 15.4 Å². The van der Waals surface area contributed by atoms with Crippen LogP contribution < -0.4 is 9.80 Å². The van der Waals surface area contributed by atoms with Crippen LogP contribution in [-0.4, -0.2) is 36.1 Å². The Hall–Kier alpha value is -2.34. The van der Waals surface area contributed by atoms with Crippen LogP contribution in [0.1, 0.15) is 11.1 Å². The van der Waals surface area contributed by atoms with Crippen LogP contribution >= 0.6 is 34.5 Å². The van der Waals surface area contributed by atoms with Crippen LogP contribution in [0.15, 0.2) is 48.1 Å². The number of halogens is 2. The van der Waals surface area contributed by atoms with E-state index in [1.807, 2.05) is 18.2 Å². The van der Waals surface area contributed by atoms with E-state index in [2.05, 4.69) is 52.2 Å². The first kappa shape index (κ1) is 20.6. The fourth-order valence-corrected chi connectivity index (χ4v) is 5.28. The highest BCUT2D eigenvalue weighted by atomic mass is 35.5. The van der Waals surface area contributed by atoms with E-state index in [-0.39, 0.29) is 0 Å². The van der Waals surface area contributed by atoms with Crippen LogP contribution in [0.3, 0.4) is 0 Å². The number of hydrogen-bond acceptors (Lipinski definition) is 5. The van der Waals surface area contributed by atoms with Gasteiger partial charge in [0.1, 0.15) is 17.0 Å². The second kappa shape index (κ2) is 8.30. The summed E-state index contributed by atoms with van der Waals surface area (Å²) in [7, 11) is 0. The van der Waals surface area contributed by atoms with E-state index in [1.54, 1.807) is 17.7 Å². The van der Waals surface area contributed by atoms with Crippen molar-refractivity contribution < 1.29 is 0 Å². The molecule has 31 heavy (non-hydrogen) atoms. The number of anilines is 2. The average molecular weight is 469 g/mol. The molecule has 0 radical (unpaired) electrons. The minimum absolute atomic E-state index is 0.587. The number of rotatable bonds is 3. The largest absolute Gasteiger partial charge is 0.368 e. The normalized spacial score (nSPS) is 14.5. The molecule has 3 heterocycles. The molecule has 0 atom stereocenters. The van der Waals surface area contributed by atoms with Crippen LogP contribution in [0, 0.1) is 13.8 Å². The summed E-state index contributed by atoms with van der Waals surface area (Å²) in [4.78, 5) is 15.0. The number of fused-ring (bicyclic) bond motifs is 1. The first-order valence-electron chi connectivity index (χ1n) is 10.3. The van der Waals surface area contributed by atoms with Crippen molar-refractivity contribution >= 4 is 56.3 Å². The van der Waals surface area contributed by atoms with Gasteiger partial charge in [0.15, 0.2) is 0 Å². The quantitative estimate of drug-likeness (QED) is 0.338. The minimum Gasteiger partial charge on any atom is -0.368 e. The van der Waals surface area contributed by atoms with Crippen LogP contribution in [-0.2, 0) is 0 Å². The maximum Gasteiger partial charge on any atom is 0.141 e. The van der Waals surface area contributed by atoms with Crippen molar-refractivity contribution in [2.75, 3.05) is 36.0 Å². The second-order valence-electron chi connectivity index (χ2n) is 7.90. The van der Waals surface area contributed by atoms with Gasteiger partial charge < -0.3 is 9.80 Å². The van der Waals surface area contributed by atoms with E-state index in [9.17, 15) is 0 Å². The summed E-state index contributed by atoms with van der Waals surface area (Å²) in [5.41, 5.74) is 6.14. The zero-order valence-corrected chi connectivity index (χ0v) is 19.7. The van der Waals surface area contributed by atoms with Gasteiger partial charge in [-0.2, -0.15) is 0 Å². The molecule has 4 aromatic rings. The molecular formula is C24H22Cl2N4S. The van der Waals surface area contributed by atoms with E-state index in [0.29, 0.717) is 10.0 Å². The van der Waals surface area contributed by atoms with Crippen LogP contribution in [0.4, 0.5) is 11.5 Å². The van der Waals surface area contributed by atoms with Gasteiger partial charge >= 0.3 is 0 Å². The van der Waals surface area contributed by atoms with Crippen molar-refractivity contribution in [1.29, 1.82) is 0 Å². The van der Waals surface area contributed by atoms with E-state index in [1.165, 1.54) is 22.3 Å². The summed E-state index contributed by atoms with van der Waals surface area (Å²) in [5, 5.41) is 4.54. The van der Waals surface area contributed by atoms with E-state index in [4.69, 9.17) is 28.2 Å². The topological polar surface area (TPSA) is 32.3 Å². The zero-order chi connectivity index (χ0) is 21.5. The summed E-state index contributed by atoms with van der Waals surface area (Å²) >= 11 is 14.0. The predicted octanol–water partition coefficient (Wildman–Crippen LogP) is 6.61. The molecule has 0 spiro atoms. The van der Waals surface area contributed by atoms with Crippen molar-refractivity contribution in [2.45, 2.75) is 13.8 Å². The first-order chi connectivity index (χ1) is 15.0. The smallest absolute Gasteiger partial charge is 0.141 e. The van der Waals surface area contributed by atoms with Gasteiger partial charge in [0, 0.05) is 42.8 Å². The lowest BCUT2D eigenvalue weighted by atomic mass is 10.0. The monoisotopic (exact) mass is 468 g/mol. The molecule has 2 aromatic heterocycles. The van der Waals surface area contributed by atoms with Gasteiger partial charge in [-0.1, -0.05) is 41.4 Å². The summed E-state index contributed by atoms with van der Waals surface area (Å²) in [6.07, 6.45) is 1.68. The average Bonchev–Trinajstić information content (AvgIpc) is 3.22. The Morgan fingerprint density at radius 3 is 2.35 bits per heavy atom. The van der Waals surface area contributed by atoms with Gasteiger partial charge in [-0.25, -0.2) is 9.97 Å². The molecule has 1 aliphatic heterocycles. The number of aromatic nitrogens is 2. The molecular weight excluding hydrogens is 447 g/mol. The molecule has 4 nitrogen and oxygen atoms in total. The van der Waals surface area contributed by atoms with Crippen molar-refractivity contribution in [1.82, 2.24) is 9.97 Å². The third-order valence-corrected chi connectivity index (χ3v) is 7.64. The lowest BCUT2D eigenvalue weighted by Crippen LogP contribution is -2.46. The zero-order valence-electron chi connectivity index (χ0n) is 17.4. The lowest BCUT2D eigenvalue weighted by Gasteiger charge is -2.37. The summed E-state index contributed by atoms with van der Waals surface area (Å²) < 4.78 is 0. The van der Waals surface area contributed by atoms with Gasteiger partial charge in [0.2, 0.25) is 0 Å². The molecule has 1 saturated heterocycles. The Morgan fingerprint density at radius 1 is 0.839 bits per heavy atom. The molecule has 1 fully saturated rings. The molecule has 0 saturated carbocycles.